The molecule has 0 saturated carbocycles. The van der Waals surface area contributed by atoms with Gasteiger partial charge in [-0.1, -0.05) is 60.7 Å². The van der Waals surface area contributed by atoms with Crippen molar-refractivity contribution < 1.29 is 26.5 Å². The van der Waals surface area contributed by atoms with Crippen LogP contribution in [0.4, 0.5) is 0 Å². The van der Waals surface area contributed by atoms with Crippen LogP contribution in [0.1, 0.15) is 12.0 Å². The molecule has 4 aromatic carbocycles. The highest BCUT2D eigenvalue weighted by atomic mass is 79.9. The number of aryl methyl sites for hydroxylation is 1. The van der Waals surface area contributed by atoms with E-state index in [4.69, 9.17) is 9.47 Å². The molecule has 0 saturated heterocycles. The summed E-state index contributed by atoms with van der Waals surface area (Å²) in [5.74, 6) is 1.72. The molecule has 0 aromatic heterocycles. The predicted molar refractivity (Wildman–Crippen MR) is 131 cm³/mol. The summed E-state index contributed by atoms with van der Waals surface area (Å²) in [5, 5.41) is 4.33. The maximum atomic E-state index is 5.58. The fourth-order valence-corrected chi connectivity index (χ4v) is 8.84. The third kappa shape index (κ3) is 4.46. The van der Waals surface area contributed by atoms with E-state index in [1.807, 2.05) is 6.07 Å². The van der Waals surface area contributed by atoms with Crippen LogP contribution in [-0.4, -0.2) is 13.0 Å². The van der Waals surface area contributed by atoms with Gasteiger partial charge in [0.25, 0.3) is 0 Å². The van der Waals surface area contributed by atoms with Crippen LogP contribution in [0, 0.1) is 0 Å². The molecule has 0 atom stereocenters. The summed E-state index contributed by atoms with van der Waals surface area (Å²) in [6.45, 7) is 0.323. The summed E-state index contributed by atoms with van der Waals surface area (Å²) in [6.07, 6.45) is 3.25. The van der Waals surface area contributed by atoms with E-state index >= 15 is 0 Å². The molecule has 0 bridgehead atoms. The van der Waals surface area contributed by atoms with Crippen molar-refractivity contribution in [2.75, 3.05) is 13.0 Å². The lowest BCUT2D eigenvalue weighted by Gasteiger charge is -2.27. The first-order chi connectivity index (χ1) is 15.4. The Balaban J connectivity index is 0.00000245. The molecule has 0 unspecified atom stereocenters. The van der Waals surface area contributed by atoms with Crippen LogP contribution < -0.4 is 42.4 Å². The Morgan fingerprint density at radius 3 is 1.62 bits per heavy atom. The monoisotopic (exact) mass is 504 g/mol. The molecule has 0 amide bonds. The number of fused-ring (bicyclic) bond motifs is 1. The predicted octanol–water partition coefficient (Wildman–Crippen LogP) is 2.35. The molecule has 0 fully saturated rings. The molecule has 32 heavy (non-hydrogen) atoms. The van der Waals surface area contributed by atoms with E-state index in [1.165, 1.54) is 21.5 Å². The third-order valence-corrected chi connectivity index (χ3v) is 10.5. The molecule has 1 aliphatic rings. The maximum Gasteiger partial charge on any atom is 0.231 e. The highest BCUT2D eigenvalue weighted by Gasteiger charge is 2.44. The topological polar surface area (TPSA) is 18.5 Å². The molecular weight excluding hydrogens is 479 g/mol. The number of hydrogen-bond donors (Lipinski definition) is 0. The average Bonchev–Trinajstić information content (AvgIpc) is 3.32. The number of rotatable bonds is 7. The Morgan fingerprint density at radius 2 is 1.09 bits per heavy atom. The van der Waals surface area contributed by atoms with E-state index in [0.29, 0.717) is 6.79 Å². The van der Waals surface area contributed by atoms with E-state index in [2.05, 4.69) is 103 Å². The minimum absolute atomic E-state index is 0. The van der Waals surface area contributed by atoms with Gasteiger partial charge in [0.05, 0.1) is 6.16 Å². The van der Waals surface area contributed by atoms with Crippen molar-refractivity contribution in [3.05, 3.63) is 115 Å². The Labute approximate surface area is 201 Å². The molecule has 162 valence electrons. The first-order valence-corrected chi connectivity index (χ1v) is 12.8. The number of halogens is 1. The first kappa shape index (κ1) is 22.6. The molecule has 1 heterocycles. The van der Waals surface area contributed by atoms with Crippen molar-refractivity contribution in [3.63, 3.8) is 0 Å². The molecule has 0 N–H and O–H groups in total. The van der Waals surface area contributed by atoms with Gasteiger partial charge in [-0.25, -0.2) is 0 Å². The molecule has 1 aliphatic heterocycles. The fraction of sp³-hybridized carbons (Fsp3) is 0.143. The second kappa shape index (κ2) is 10.3. The largest absolute Gasteiger partial charge is 1.00 e. The minimum Gasteiger partial charge on any atom is -1.00 e. The van der Waals surface area contributed by atoms with Crippen LogP contribution >= 0.6 is 7.26 Å². The lowest BCUT2D eigenvalue weighted by atomic mass is 10.1. The summed E-state index contributed by atoms with van der Waals surface area (Å²) >= 11 is 0. The van der Waals surface area contributed by atoms with E-state index in [0.717, 1.165) is 30.5 Å². The van der Waals surface area contributed by atoms with E-state index in [1.54, 1.807) is 0 Å². The van der Waals surface area contributed by atoms with E-state index < -0.39 is 7.26 Å². The van der Waals surface area contributed by atoms with E-state index in [9.17, 15) is 0 Å². The van der Waals surface area contributed by atoms with E-state index in [-0.39, 0.29) is 17.0 Å². The quantitative estimate of drug-likeness (QED) is 0.359. The summed E-state index contributed by atoms with van der Waals surface area (Å²) in [4.78, 5) is 0. The number of benzene rings is 4. The fourth-order valence-electron chi connectivity index (χ4n) is 4.50. The van der Waals surface area contributed by atoms with Gasteiger partial charge < -0.3 is 26.5 Å². The highest BCUT2D eigenvalue weighted by Crippen LogP contribution is 2.55. The lowest BCUT2D eigenvalue weighted by Crippen LogP contribution is -3.00. The van der Waals surface area contributed by atoms with Crippen molar-refractivity contribution in [3.8, 4) is 11.5 Å². The second-order valence-electron chi connectivity index (χ2n) is 7.83. The van der Waals surface area contributed by atoms with Gasteiger partial charge in [0.15, 0.2) is 11.5 Å². The van der Waals surface area contributed by atoms with Gasteiger partial charge in [-0.15, -0.1) is 0 Å². The van der Waals surface area contributed by atoms with Crippen LogP contribution in [0.25, 0.3) is 0 Å². The van der Waals surface area contributed by atoms with Crippen LogP contribution in [0.3, 0.4) is 0 Å². The molecule has 4 aromatic rings. The zero-order valence-corrected chi connectivity index (χ0v) is 20.3. The maximum absolute atomic E-state index is 5.58. The van der Waals surface area contributed by atoms with Crippen molar-refractivity contribution in [1.82, 2.24) is 0 Å². The van der Waals surface area contributed by atoms with Crippen molar-refractivity contribution >= 4 is 23.2 Å². The molecule has 0 radical (unpaired) electrons. The molecule has 4 heteroatoms. The SMILES string of the molecule is [Br-].c1ccc([P+](CCCc2ccc3c(c2)OCO3)(c2ccccc2)c2ccccc2)cc1. The van der Waals surface area contributed by atoms with Crippen LogP contribution in [0.15, 0.2) is 109 Å². The van der Waals surface area contributed by atoms with Gasteiger partial charge >= 0.3 is 0 Å². The number of ether oxygens (including phenoxy) is 2. The van der Waals surface area contributed by atoms with Gasteiger partial charge in [-0.05, 0) is 66.9 Å². The summed E-state index contributed by atoms with van der Waals surface area (Å²) < 4.78 is 11.0. The van der Waals surface area contributed by atoms with Crippen LogP contribution in [0.2, 0.25) is 0 Å². The van der Waals surface area contributed by atoms with Crippen LogP contribution in [-0.2, 0) is 6.42 Å². The van der Waals surface area contributed by atoms with Gasteiger partial charge in [-0.2, -0.15) is 0 Å². The van der Waals surface area contributed by atoms with Crippen molar-refractivity contribution in [2.24, 2.45) is 0 Å². The van der Waals surface area contributed by atoms with Crippen molar-refractivity contribution in [2.45, 2.75) is 12.8 Å². The molecule has 2 nitrogen and oxygen atoms in total. The zero-order valence-electron chi connectivity index (χ0n) is 17.9. The Kier molecular flexibility index (Phi) is 7.29. The highest BCUT2D eigenvalue weighted by molar-refractivity contribution is 7.95. The van der Waals surface area contributed by atoms with Gasteiger partial charge in [0.2, 0.25) is 6.79 Å². The molecule has 0 spiro atoms. The van der Waals surface area contributed by atoms with Gasteiger partial charge in [0, 0.05) is 0 Å². The normalized spacial score (nSPS) is 12.2. The smallest absolute Gasteiger partial charge is 0.231 e. The first-order valence-electron chi connectivity index (χ1n) is 10.8. The van der Waals surface area contributed by atoms with Crippen LogP contribution in [0.5, 0.6) is 11.5 Å². The summed E-state index contributed by atoms with van der Waals surface area (Å²) in [5.41, 5.74) is 1.30. The third-order valence-electron chi connectivity index (χ3n) is 5.99. The number of hydrogen-bond acceptors (Lipinski definition) is 2. The summed E-state index contributed by atoms with van der Waals surface area (Å²) in [7, 11) is -1.76. The molecule has 5 rings (SSSR count). The Bertz CT molecular complexity index is 1040. The molecule has 0 aliphatic carbocycles. The van der Waals surface area contributed by atoms with Gasteiger partial charge in [-0.3, -0.25) is 0 Å². The lowest BCUT2D eigenvalue weighted by molar-refractivity contribution is -0.00000756. The second-order valence-corrected chi connectivity index (χ2v) is 11.4. The van der Waals surface area contributed by atoms with Crippen molar-refractivity contribution in [1.29, 1.82) is 0 Å². The standard InChI is InChI=1S/C28H26O2P.BrH/c1-4-12-24(13-5-1)31(25-14-6-2-7-15-25,26-16-8-3-9-17-26)20-10-11-23-18-19-27-28(21-23)30-22-29-27;/h1-9,12-19,21H,10-11,20,22H2;1H/q+1;/p-1. The Hall–Kier alpha value is -2.61. The zero-order chi connectivity index (χ0) is 20.9. The van der Waals surface area contributed by atoms with Gasteiger partial charge in [0.1, 0.15) is 23.2 Å². The summed E-state index contributed by atoms with van der Waals surface area (Å²) in [6, 6.07) is 39.6. The average molecular weight is 505 g/mol. The molecular formula is C28H26BrO2P. The Morgan fingerprint density at radius 1 is 0.594 bits per heavy atom. The minimum atomic E-state index is -1.76.